The summed E-state index contributed by atoms with van der Waals surface area (Å²) in [6.45, 7) is 0.801. The Morgan fingerprint density at radius 1 is 0.974 bits per heavy atom. The van der Waals surface area contributed by atoms with Crippen molar-refractivity contribution in [3.63, 3.8) is 0 Å². The lowest BCUT2D eigenvalue weighted by Crippen LogP contribution is -2.64. The van der Waals surface area contributed by atoms with Crippen molar-refractivity contribution in [1.82, 2.24) is 5.32 Å². The quantitative estimate of drug-likeness (QED) is 0.120. The molecule has 0 aromatic heterocycles. The van der Waals surface area contributed by atoms with Gasteiger partial charge in [-0.2, -0.15) is 0 Å². The van der Waals surface area contributed by atoms with Crippen LogP contribution >= 0.6 is 0 Å². The molecule has 222 valence electrons. The molecule has 16 heteroatoms. The van der Waals surface area contributed by atoms with Crippen LogP contribution in [0.25, 0.3) is 0 Å². The van der Waals surface area contributed by atoms with Gasteiger partial charge in [0.2, 0.25) is 0 Å². The van der Waals surface area contributed by atoms with E-state index in [1.54, 1.807) is 0 Å². The van der Waals surface area contributed by atoms with Crippen molar-refractivity contribution >= 4 is 5.91 Å². The maximum atomic E-state index is 12.3. The third kappa shape index (κ3) is 6.79. The summed E-state index contributed by atoms with van der Waals surface area (Å²) in [4.78, 5) is 12.3. The number of aliphatic hydroxyl groups is 7. The topological polar surface area (TPSA) is 286 Å². The van der Waals surface area contributed by atoms with Crippen molar-refractivity contribution in [3.05, 3.63) is 0 Å². The van der Waals surface area contributed by atoms with Crippen LogP contribution in [0.1, 0.15) is 19.8 Å². The van der Waals surface area contributed by atoms with Gasteiger partial charge in [-0.05, 0) is 18.8 Å². The number of hydrogen-bond donors (Lipinski definition) is 11. The number of nitrogens with two attached hydrogens (primary N) is 3. The van der Waals surface area contributed by atoms with Crippen molar-refractivity contribution in [2.45, 2.75) is 105 Å². The SMILES string of the molecule is CC1CC(NC(=O)C(O)C(O)CN)C(O)C(OC2OC(CO)C(OC3OC(CN)C(O)C(O)C3N)C2O)C1. The van der Waals surface area contributed by atoms with E-state index in [-0.39, 0.29) is 19.0 Å². The Morgan fingerprint density at radius 3 is 2.24 bits per heavy atom. The average molecular weight is 555 g/mol. The van der Waals surface area contributed by atoms with E-state index in [9.17, 15) is 40.5 Å². The van der Waals surface area contributed by atoms with E-state index in [0.717, 1.165) is 0 Å². The Morgan fingerprint density at radius 2 is 1.63 bits per heavy atom. The number of carbonyl (C=O) groups is 1. The third-order valence-corrected chi connectivity index (χ3v) is 7.34. The fourth-order valence-corrected chi connectivity index (χ4v) is 5.05. The molecular weight excluding hydrogens is 512 g/mol. The van der Waals surface area contributed by atoms with Crippen molar-refractivity contribution in [3.8, 4) is 0 Å². The van der Waals surface area contributed by atoms with Gasteiger partial charge in [-0.15, -0.1) is 0 Å². The van der Waals surface area contributed by atoms with Gasteiger partial charge in [0.25, 0.3) is 5.91 Å². The molecule has 14 N–H and O–H groups in total. The Balaban J connectivity index is 1.65. The van der Waals surface area contributed by atoms with E-state index >= 15 is 0 Å². The molecule has 3 rings (SSSR count). The van der Waals surface area contributed by atoms with Crippen LogP contribution in [0.2, 0.25) is 0 Å². The number of hydrogen-bond acceptors (Lipinski definition) is 15. The predicted octanol–water partition coefficient (Wildman–Crippen LogP) is -6.48. The molecular formula is C22H42N4O12. The molecule has 3 aliphatic rings. The molecule has 38 heavy (non-hydrogen) atoms. The molecule has 0 radical (unpaired) electrons. The first kappa shape index (κ1) is 31.4. The standard InChI is InChI=1S/C22H42N4O12/c1-7-2-8(26-20(34)15(30)9(28)4-23)14(29)10(3-7)35-22-18(33)19(12(6-27)37-22)38-21-13(25)17(32)16(31)11(5-24)36-21/h7-19,21-22,27-33H,2-6,23-25H2,1H3,(H,26,34). The third-order valence-electron chi connectivity index (χ3n) is 7.34. The van der Waals surface area contributed by atoms with E-state index in [1.165, 1.54) is 0 Å². The highest BCUT2D eigenvalue weighted by atomic mass is 16.7. The van der Waals surface area contributed by atoms with E-state index in [1.807, 2.05) is 6.92 Å². The monoisotopic (exact) mass is 554 g/mol. The molecule has 0 spiro atoms. The van der Waals surface area contributed by atoms with Gasteiger partial charge in [0, 0.05) is 13.1 Å². The van der Waals surface area contributed by atoms with Crippen molar-refractivity contribution in [2.75, 3.05) is 19.7 Å². The van der Waals surface area contributed by atoms with Crippen LogP contribution in [0.15, 0.2) is 0 Å². The summed E-state index contributed by atoms with van der Waals surface area (Å²) >= 11 is 0. The lowest BCUT2D eigenvalue weighted by Gasteiger charge is -2.42. The molecule has 1 aliphatic carbocycles. The van der Waals surface area contributed by atoms with Crippen molar-refractivity contribution in [2.24, 2.45) is 23.1 Å². The van der Waals surface area contributed by atoms with Crippen LogP contribution in [0.4, 0.5) is 0 Å². The maximum Gasteiger partial charge on any atom is 0.251 e. The normalized spacial score (nSPS) is 45.5. The highest BCUT2D eigenvalue weighted by Crippen LogP contribution is 2.33. The lowest BCUT2D eigenvalue weighted by atomic mass is 9.82. The zero-order chi connectivity index (χ0) is 28.3. The fraction of sp³-hybridized carbons (Fsp3) is 0.955. The lowest BCUT2D eigenvalue weighted by molar-refractivity contribution is -0.280. The summed E-state index contributed by atoms with van der Waals surface area (Å²) in [6.07, 6.45) is -14.9. The van der Waals surface area contributed by atoms with Gasteiger partial charge in [-0.3, -0.25) is 4.79 Å². The van der Waals surface area contributed by atoms with Crippen LogP contribution < -0.4 is 22.5 Å². The zero-order valence-electron chi connectivity index (χ0n) is 21.1. The summed E-state index contributed by atoms with van der Waals surface area (Å²) in [5, 5.41) is 73.9. The molecule has 2 aliphatic heterocycles. The summed E-state index contributed by atoms with van der Waals surface area (Å²) < 4.78 is 22.8. The number of rotatable bonds is 10. The first-order chi connectivity index (χ1) is 17.9. The zero-order valence-corrected chi connectivity index (χ0v) is 21.1. The van der Waals surface area contributed by atoms with Crippen LogP contribution in [0.3, 0.4) is 0 Å². The largest absolute Gasteiger partial charge is 0.394 e. The summed E-state index contributed by atoms with van der Waals surface area (Å²) in [7, 11) is 0. The Labute approximate surface area is 219 Å². The van der Waals surface area contributed by atoms with E-state index < -0.39 is 98.2 Å². The van der Waals surface area contributed by atoms with Crippen molar-refractivity contribution < 1.29 is 59.5 Å². The minimum absolute atomic E-state index is 0.0562. The highest BCUT2D eigenvalue weighted by Gasteiger charge is 2.51. The summed E-state index contributed by atoms with van der Waals surface area (Å²) in [5.41, 5.74) is 16.8. The highest BCUT2D eigenvalue weighted by molar-refractivity contribution is 5.81. The molecule has 15 unspecified atom stereocenters. The Hall–Kier alpha value is -1.09. The molecule has 0 aromatic carbocycles. The number of nitrogens with one attached hydrogen (secondary N) is 1. The van der Waals surface area contributed by atoms with Gasteiger partial charge in [0.15, 0.2) is 18.7 Å². The number of ether oxygens (including phenoxy) is 4. The van der Waals surface area contributed by atoms with Crippen LogP contribution in [0.5, 0.6) is 0 Å². The van der Waals surface area contributed by atoms with E-state index in [0.29, 0.717) is 12.8 Å². The second-order valence-corrected chi connectivity index (χ2v) is 10.3. The van der Waals surface area contributed by atoms with Gasteiger partial charge in [0.05, 0.1) is 24.8 Å². The molecule has 16 nitrogen and oxygen atoms in total. The minimum atomic E-state index is -1.78. The summed E-state index contributed by atoms with van der Waals surface area (Å²) in [6, 6.07) is -2.04. The molecule has 0 aromatic rings. The van der Waals surface area contributed by atoms with E-state index in [2.05, 4.69) is 5.32 Å². The second-order valence-electron chi connectivity index (χ2n) is 10.3. The van der Waals surface area contributed by atoms with Crippen LogP contribution in [-0.2, 0) is 23.7 Å². The average Bonchev–Trinajstić information content (AvgIpc) is 3.19. The fourth-order valence-electron chi connectivity index (χ4n) is 5.05. The van der Waals surface area contributed by atoms with Gasteiger partial charge in [0.1, 0.15) is 48.8 Å². The molecule has 15 atom stereocenters. The molecule has 1 amide bonds. The molecule has 1 saturated carbocycles. The van der Waals surface area contributed by atoms with Gasteiger partial charge in [-0.1, -0.05) is 6.92 Å². The molecule has 2 saturated heterocycles. The van der Waals surface area contributed by atoms with Gasteiger partial charge < -0.3 is 77.2 Å². The first-order valence-electron chi connectivity index (χ1n) is 12.7. The molecule has 0 bridgehead atoms. The van der Waals surface area contributed by atoms with E-state index in [4.69, 9.17) is 36.1 Å². The van der Waals surface area contributed by atoms with Crippen LogP contribution in [-0.4, -0.2) is 147 Å². The second kappa shape index (κ2) is 13.5. The Bertz CT molecular complexity index is 768. The van der Waals surface area contributed by atoms with Crippen molar-refractivity contribution in [1.29, 1.82) is 0 Å². The number of amides is 1. The molecule has 3 fully saturated rings. The predicted molar refractivity (Wildman–Crippen MR) is 127 cm³/mol. The number of carbonyl (C=O) groups excluding carboxylic acids is 1. The minimum Gasteiger partial charge on any atom is -0.394 e. The Kier molecular flexibility index (Phi) is 11.2. The first-order valence-corrected chi connectivity index (χ1v) is 12.7. The van der Waals surface area contributed by atoms with Gasteiger partial charge >= 0.3 is 0 Å². The smallest absolute Gasteiger partial charge is 0.251 e. The summed E-state index contributed by atoms with van der Waals surface area (Å²) in [5.74, 6) is -0.961. The maximum absolute atomic E-state index is 12.3. The van der Waals surface area contributed by atoms with Crippen LogP contribution in [0, 0.1) is 5.92 Å². The molecule has 2 heterocycles. The van der Waals surface area contributed by atoms with Gasteiger partial charge in [-0.25, -0.2) is 0 Å². The number of aliphatic hydroxyl groups excluding tert-OH is 7.